The van der Waals surface area contributed by atoms with Gasteiger partial charge in [0.2, 0.25) is 5.91 Å². The highest BCUT2D eigenvalue weighted by Gasteiger charge is 2.39. The van der Waals surface area contributed by atoms with Gasteiger partial charge in [-0.1, -0.05) is 68.8 Å². The van der Waals surface area contributed by atoms with Gasteiger partial charge in [0.1, 0.15) is 12.6 Å². The number of hydrogen-bond acceptors (Lipinski definition) is 4. The van der Waals surface area contributed by atoms with Gasteiger partial charge in [0.05, 0.1) is 5.92 Å². The second kappa shape index (κ2) is 9.65. The third-order valence-corrected chi connectivity index (χ3v) is 6.83. The van der Waals surface area contributed by atoms with Crippen molar-refractivity contribution in [2.75, 3.05) is 19.7 Å². The van der Waals surface area contributed by atoms with Crippen molar-refractivity contribution in [1.82, 2.24) is 10.2 Å². The van der Waals surface area contributed by atoms with Crippen LogP contribution in [0, 0.1) is 11.8 Å². The van der Waals surface area contributed by atoms with E-state index in [9.17, 15) is 14.4 Å². The molecule has 2 N–H and O–H groups in total. The summed E-state index contributed by atoms with van der Waals surface area (Å²) in [5.74, 6) is -1.62. The number of carboxylic acid groups (broad SMARTS) is 1. The molecule has 1 aliphatic carbocycles. The number of carboxylic acids is 1. The van der Waals surface area contributed by atoms with Crippen molar-refractivity contribution in [1.29, 1.82) is 0 Å². The second-order valence-electron chi connectivity index (χ2n) is 8.94. The lowest BCUT2D eigenvalue weighted by atomic mass is 9.86. The normalized spacial score (nSPS) is 16.8. The van der Waals surface area contributed by atoms with E-state index in [1.165, 1.54) is 0 Å². The van der Waals surface area contributed by atoms with E-state index in [4.69, 9.17) is 9.84 Å². The number of nitrogens with zero attached hydrogens (tertiary/aromatic N) is 1. The van der Waals surface area contributed by atoms with Crippen molar-refractivity contribution in [2.24, 2.45) is 11.8 Å². The fourth-order valence-corrected chi connectivity index (χ4v) is 4.76. The van der Waals surface area contributed by atoms with Gasteiger partial charge in [-0.15, -0.1) is 0 Å². The minimum Gasteiger partial charge on any atom is -0.481 e. The largest absolute Gasteiger partial charge is 0.481 e. The second-order valence-corrected chi connectivity index (χ2v) is 8.94. The molecular weight excluding hydrogens is 420 g/mol. The monoisotopic (exact) mass is 450 g/mol. The highest BCUT2D eigenvalue weighted by molar-refractivity contribution is 5.86. The molecule has 4 rings (SSSR count). The van der Waals surface area contributed by atoms with Gasteiger partial charge < -0.3 is 20.1 Å². The van der Waals surface area contributed by atoms with Crippen LogP contribution in [0.25, 0.3) is 11.1 Å². The maximum Gasteiger partial charge on any atom is 0.407 e. The summed E-state index contributed by atoms with van der Waals surface area (Å²) in [5.41, 5.74) is 4.58. The molecule has 1 saturated heterocycles. The SMILES string of the molecule is CCC[C@@H](NC(=O)OCC1c2ccccc2-c2ccccc21)C(=O)N1CC(C(C)C(=O)O)C1. The Morgan fingerprint density at radius 3 is 2.18 bits per heavy atom. The molecule has 1 fully saturated rings. The van der Waals surface area contributed by atoms with Crippen LogP contribution in [-0.4, -0.2) is 53.7 Å². The summed E-state index contributed by atoms with van der Waals surface area (Å²) in [7, 11) is 0. The highest BCUT2D eigenvalue weighted by atomic mass is 16.5. The van der Waals surface area contributed by atoms with Gasteiger partial charge in [-0.05, 0) is 28.7 Å². The zero-order chi connectivity index (χ0) is 23.5. The Balaban J connectivity index is 1.36. The van der Waals surface area contributed by atoms with E-state index < -0.39 is 24.0 Å². The van der Waals surface area contributed by atoms with Crippen LogP contribution in [0.1, 0.15) is 43.7 Å². The zero-order valence-corrected chi connectivity index (χ0v) is 19.0. The first kappa shape index (κ1) is 22.8. The number of nitrogens with one attached hydrogen (secondary N) is 1. The number of benzene rings is 2. The maximum atomic E-state index is 12.9. The number of alkyl carbamates (subject to hydrolysis) is 1. The Kier molecular flexibility index (Phi) is 6.67. The number of hydrogen-bond donors (Lipinski definition) is 2. The van der Waals surface area contributed by atoms with Gasteiger partial charge in [-0.2, -0.15) is 0 Å². The third-order valence-electron chi connectivity index (χ3n) is 6.83. The van der Waals surface area contributed by atoms with Crippen molar-refractivity contribution in [3.05, 3.63) is 59.7 Å². The molecule has 1 heterocycles. The average Bonchev–Trinajstić information content (AvgIpc) is 3.10. The van der Waals surface area contributed by atoms with E-state index in [1.807, 2.05) is 31.2 Å². The van der Waals surface area contributed by atoms with Crippen molar-refractivity contribution in [3.63, 3.8) is 0 Å². The van der Waals surface area contributed by atoms with Crippen molar-refractivity contribution >= 4 is 18.0 Å². The van der Waals surface area contributed by atoms with E-state index in [2.05, 4.69) is 29.6 Å². The summed E-state index contributed by atoms with van der Waals surface area (Å²) in [4.78, 5) is 38.3. The first-order chi connectivity index (χ1) is 15.9. The average molecular weight is 451 g/mol. The minimum absolute atomic E-state index is 0.0443. The first-order valence-corrected chi connectivity index (χ1v) is 11.5. The molecular formula is C26H30N2O5. The lowest BCUT2D eigenvalue weighted by Gasteiger charge is -2.42. The smallest absolute Gasteiger partial charge is 0.407 e. The standard InChI is InChI=1S/C26H30N2O5/c1-3-8-23(24(29)28-13-17(14-28)16(2)25(30)31)27-26(32)33-15-22-20-11-6-4-9-18(20)19-10-5-7-12-21(19)22/h4-7,9-12,16-17,22-23H,3,8,13-15H2,1-2H3,(H,27,32)(H,30,31)/t16?,23-/m1/s1. The van der Waals surface area contributed by atoms with Crippen LogP contribution < -0.4 is 5.32 Å². The number of amides is 2. The Labute approximate surface area is 193 Å². The van der Waals surface area contributed by atoms with Crippen molar-refractivity contribution in [2.45, 2.75) is 38.6 Å². The van der Waals surface area contributed by atoms with Crippen LogP contribution in [0.15, 0.2) is 48.5 Å². The van der Waals surface area contributed by atoms with Gasteiger partial charge in [0.25, 0.3) is 0 Å². The molecule has 33 heavy (non-hydrogen) atoms. The van der Waals surface area contributed by atoms with Crippen LogP contribution in [0.5, 0.6) is 0 Å². The third kappa shape index (κ3) is 4.58. The zero-order valence-electron chi connectivity index (χ0n) is 19.0. The molecule has 2 aromatic rings. The Morgan fingerprint density at radius 2 is 1.64 bits per heavy atom. The number of aliphatic carboxylic acids is 1. The lowest BCUT2D eigenvalue weighted by Crippen LogP contribution is -2.59. The predicted molar refractivity (Wildman–Crippen MR) is 124 cm³/mol. The number of ether oxygens (including phenoxy) is 1. The molecule has 7 nitrogen and oxygen atoms in total. The molecule has 0 radical (unpaired) electrons. The van der Waals surface area contributed by atoms with Crippen molar-refractivity contribution in [3.8, 4) is 11.1 Å². The summed E-state index contributed by atoms with van der Waals surface area (Å²) >= 11 is 0. The molecule has 0 aromatic heterocycles. The van der Waals surface area contributed by atoms with Gasteiger partial charge >= 0.3 is 12.1 Å². The molecule has 2 atom stereocenters. The summed E-state index contributed by atoms with van der Waals surface area (Å²) < 4.78 is 5.59. The quantitative estimate of drug-likeness (QED) is 0.637. The fourth-order valence-electron chi connectivity index (χ4n) is 4.76. The van der Waals surface area contributed by atoms with Gasteiger partial charge in [0.15, 0.2) is 0 Å². The summed E-state index contributed by atoms with van der Waals surface area (Å²) in [5, 5.41) is 11.9. The lowest BCUT2D eigenvalue weighted by molar-refractivity contribution is -0.151. The van der Waals surface area contributed by atoms with Crippen LogP contribution in [0.2, 0.25) is 0 Å². The minimum atomic E-state index is -0.853. The Hall–Kier alpha value is -3.35. The highest BCUT2D eigenvalue weighted by Crippen LogP contribution is 2.44. The molecule has 174 valence electrons. The molecule has 1 aliphatic heterocycles. The van der Waals surface area contributed by atoms with E-state index >= 15 is 0 Å². The van der Waals surface area contributed by atoms with Crippen LogP contribution in [0.4, 0.5) is 4.79 Å². The number of fused-ring (bicyclic) bond motifs is 3. The molecule has 2 amide bonds. The van der Waals surface area contributed by atoms with Crippen molar-refractivity contribution < 1.29 is 24.2 Å². The van der Waals surface area contributed by atoms with E-state index in [0.717, 1.165) is 28.7 Å². The van der Waals surface area contributed by atoms with E-state index in [-0.39, 0.29) is 24.3 Å². The molecule has 2 aromatic carbocycles. The predicted octanol–water partition coefficient (Wildman–Crippen LogP) is 3.87. The number of carbonyl (C=O) groups is 3. The topological polar surface area (TPSA) is 95.9 Å². The number of carbonyl (C=O) groups excluding carboxylic acids is 2. The molecule has 0 bridgehead atoms. The molecule has 0 spiro atoms. The summed E-state index contributed by atoms with van der Waals surface area (Å²) in [6.07, 6.45) is 0.612. The molecule has 0 saturated carbocycles. The van der Waals surface area contributed by atoms with Gasteiger partial charge in [0, 0.05) is 24.9 Å². The number of likely N-dealkylation sites (tertiary alicyclic amines) is 1. The summed E-state index contributed by atoms with van der Waals surface area (Å²) in [6, 6.07) is 15.6. The molecule has 1 unspecified atom stereocenters. The van der Waals surface area contributed by atoms with E-state index in [1.54, 1.807) is 11.8 Å². The Bertz CT molecular complexity index is 1000. The molecule has 2 aliphatic rings. The summed E-state index contributed by atoms with van der Waals surface area (Å²) in [6.45, 7) is 4.60. The van der Waals surface area contributed by atoms with Crippen LogP contribution in [-0.2, 0) is 14.3 Å². The Morgan fingerprint density at radius 1 is 1.06 bits per heavy atom. The van der Waals surface area contributed by atoms with E-state index in [0.29, 0.717) is 19.5 Å². The van der Waals surface area contributed by atoms with Gasteiger partial charge in [-0.25, -0.2) is 4.79 Å². The first-order valence-electron chi connectivity index (χ1n) is 11.5. The van der Waals surface area contributed by atoms with Gasteiger partial charge in [-0.3, -0.25) is 9.59 Å². The van der Waals surface area contributed by atoms with Crippen LogP contribution in [0.3, 0.4) is 0 Å². The fraction of sp³-hybridized carbons (Fsp3) is 0.423. The molecule has 7 heteroatoms. The van der Waals surface area contributed by atoms with Crippen LogP contribution >= 0.6 is 0 Å². The number of rotatable bonds is 8. The maximum absolute atomic E-state index is 12.9.